The Labute approximate surface area is 203 Å². The molecule has 35 heavy (non-hydrogen) atoms. The average molecular weight is 467 g/mol. The molecule has 0 radical (unpaired) electrons. The molecular formula is C29H26N2O4. The zero-order valence-electron chi connectivity index (χ0n) is 19.4. The minimum atomic E-state index is -0.424. The van der Waals surface area contributed by atoms with Crippen molar-refractivity contribution in [2.24, 2.45) is 0 Å². The van der Waals surface area contributed by atoms with Gasteiger partial charge in [0.15, 0.2) is 11.5 Å². The molecule has 6 nitrogen and oxygen atoms in total. The van der Waals surface area contributed by atoms with Crippen LogP contribution in [0, 0.1) is 10.1 Å². The molecule has 0 aliphatic carbocycles. The van der Waals surface area contributed by atoms with E-state index in [-0.39, 0.29) is 11.5 Å². The van der Waals surface area contributed by atoms with Crippen molar-refractivity contribution in [2.45, 2.75) is 19.4 Å². The van der Waals surface area contributed by atoms with Crippen molar-refractivity contribution < 1.29 is 14.4 Å². The summed E-state index contributed by atoms with van der Waals surface area (Å²) in [6.45, 7) is 2.54. The number of aromatic nitrogens is 1. The van der Waals surface area contributed by atoms with Gasteiger partial charge in [-0.15, -0.1) is 0 Å². The summed E-state index contributed by atoms with van der Waals surface area (Å²) in [4.78, 5) is 14.6. The van der Waals surface area contributed by atoms with Crippen LogP contribution in [0.3, 0.4) is 0 Å². The van der Waals surface area contributed by atoms with E-state index in [1.165, 1.54) is 0 Å². The van der Waals surface area contributed by atoms with Crippen molar-refractivity contribution >= 4 is 21.7 Å². The fourth-order valence-electron chi connectivity index (χ4n) is 4.62. The van der Waals surface area contributed by atoms with Crippen molar-refractivity contribution in [1.82, 2.24) is 4.98 Å². The summed E-state index contributed by atoms with van der Waals surface area (Å²) in [5, 5.41) is 14.9. The van der Waals surface area contributed by atoms with E-state index in [2.05, 4.69) is 29.2 Å². The van der Waals surface area contributed by atoms with Crippen molar-refractivity contribution in [1.29, 1.82) is 0 Å². The van der Waals surface area contributed by atoms with E-state index in [1.807, 2.05) is 73.8 Å². The monoisotopic (exact) mass is 466 g/mol. The number of hydrogen-bond acceptors (Lipinski definition) is 4. The van der Waals surface area contributed by atoms with Crippen LogP contribution in [0.1, 0.15) is 29.5 Å². The number of hydrogen-bond donors (Lipinski definition) is 1. The first-order valence-electron chi connectivity index (χ1n) is 11.7. The zero-order valence-corrected chi connectivity index (χ0v) is 19.4. The molecule has 0 unspecified atom stereocenters. The molecular weight excluding hydrogens is 440 g/mol. The molecule has 5 aromatic rings. The summed E-state index contributed by atoms with van der Waals surface area (Å²) >= 11 is 0. The maximum Gasteiger partial charge on any atom is 0.214 e. The SMILES string of the molecule is CCOc1cc([C@@H](C[N+](=O)[O-])c2c[nH]c3ccccc23)ccc1OCc1cccc2ccccc12. The maximum absolute atomic E-state index is 11.6. The second kappa shape index (κ2) is 9.89. The van der Waals surface area contributed by atoms with Crippen LogP contribution in [-0.4, -0.2) is 23.1 Å². The van der Waals surface area contributed by atoms with Gasteiger partial charge < -0.3 is 14.5 Å². The summed E-state index contributed by atoms with van der Waals surface area (Å²) in [5.41, 5.74) is 3.74. The highest BCUT2D eigenvalue weighted by Gasteiger charge is 2.24. The molecule has 0 spiro atoms. The summed E-state index contributed by atoms with van der Waals surface area (Å²) in [5.74, 6) is 0.771. The van der Waals surface area contributed by atoms with Gasteiger partial charge in [0, 0.05) is 22.0 Å². The lowest BCUT2D eigenvalue weighted by Crippen LogP contribution is -2.14. The van der Waals surface area contributed by atoms with Crippen LogP contribution >= 0.6 is 0 Å². The Bertz CT molecular complexity index is 1490. The predicted octanol–water partition coefficient (Wildman–Crippen LogP) is 6.71. The Hall–Kier alpha value is -4.32. The van der Waals surface area contributed by atoms with Gasteiger partial charge in [0.25, 0.3) is 0 Å². The second-order valence-corrected chi connectivity index (χ2v) is 8.42. The number of aromatic amines is 1. The summed E-state index contributed by atoms with van der Waals surface area (Å²) in [7, 11) is 0. The van der Waals surface area contributed by atoms with Crippen molar-refractivity contribution in [3.63, 3.8) is 0 Å². The summed E-state index contributed by atoms with van der Waals surface area (Å²) in [6, 6.07) is 27.8. The molecule has 5 rings (SSSR count). The Morgan fingerprint density at radius 2 is 1.66 bits per heavy atom. The molecule has 0 aliphatic rings. The highest BCUT2D eigenvalue weighted by atomic mass is 16.6. The van der Waals surface area contributed by atoms with Crippen LogP contribution in [0.25, 0.3) is 21.7 Å². The van der Waals surface area contributed by atoms with Gasteiger partial charge in [0.2, 0.25) is 6.54 Å². The van der Waals surface area contributed by atoms with Gasteiger partial charge >= 0.3 is 0 Å². The molecule has 1 heterocycles. The lowest BCUT2D eigenvalue weighted by molar-refractivity contribution is -0.481. The van der Waals surface area contributed by atoms with Crippen LogP contribution in [0.5, 0.6) is 11.5 Å². The van der Waals surface area contributed by atoms with Gasteiger partial charge in [-0.2, -0.15) is 0 Å². The van der Waals surface area contributed by atoms with E-state index in [0.717, 1.165) is 38.4 Å². The first-order valence-corrected chi connectivity index (χ1v) is 11.7. The fourth-order valence-corrected chi connectivity index (χ4v) is 4.62. The first-order chi connectivity index (χ1) is 17.1. The van der Waals surface area contributed by atoms with E-state index in [1.54, 1.807) is 0 Å². The van der Waals surface area contributed by atoms with Crippen LogP contribution in [0.4, 0.5) is 0 Å². The number of fused-ring (bicyclic) bond motifs is 2. The number of ether oxygens (including phenoxy) is 2. The van der Waals surface area contributed by atoms with E-state index < -0.39 is 5.92 Å². The number of nitrogens with one attached hydrogen (secondary N) is 1. The molecule has 1 N–H and O–H groups in total. The van der Waals surface area contributed by atoms with Gasteiger partial charge in [0.1, 0.15) is 6.61 Å². The largest absolute Gasteiger partial charge is 0.490 e. The molecule has 0 amide bonds. The van der Waals surface area contributed by atoms with Crippen molar-refractivity contribution in [3.05, 3.63) is 118 Å². The molecule has 0 aliphatic heterocycles. The molecule has 1 aromatic heterocycles. The summed E-state index contributed by atoms with van der Waals surface area (Å²) < 4.78 is 12.1. The highest BCUT2D eigenvalue weighted by Crippen LogP contribution is 2.37. The molecule has 4 aromatic carbocycles. The third-order valence-corrected chi connectivity index (χ3v) is 6.26. The quantitative estimate of drug-likeness (QED) is 0.193. The highest BCUT2D eigenvalue weighted by molar-refractivity contribution is 5.86. The zero-order chi connectivity index (χ0) is 24.2. The van der Waals surface area contributed by atoms with Crippen LogP contribution in [0.2, 0.25) is 0 Å². The van der Waals surface area contributed by atoms with Gasteiger partial charge in [-0.25, -0.2) is 0 Å². The normalized spacial score (nSPS) is 12.0. The lowest BCUT2D eigenvalue weighted by Gasteiger charge is -2.18. The molecule has 176 valence electrons. The van der Waals surface area contributed by atoms with Crippen LogP contribution in [0.15, 0.2) is 91.1 Å². The predicted molar refractivity (Wildman–Crippen MR) is 138 cm³/mol. The number of para-hydroxylation sites is 1. The van der Waals surface area contributed by atoms with Crippen LogP contribution in [-0.2, 0) is 6.61 Å². The molecule has 6 heteroatoms. The Morgan fingerprint density at radius 3 is 2.49 bits per heavy atom. The molecule has 0 bridgehead atoms. The first kappa shape index (κ1) is 22.5. The Balaban J connectivity index is 1.48. The lowest BCUT2D eigenvalue weighted by atomic mass is 9.90. The molecule has 0 fully saturated rings. The topological polar surface area (TPSA) is 77.4 Å². The fraction of sp³-hybridized carbons (Fsp3) is 0.172. The maximum atomic E-state index is 11.6. The van der Waals surface area contributed by atoms with Gasteiger partial charge in [-0.3, -0.25) is 10.1 Å². The minimum absolute atomic E-state index is 0.219. The van der Waals surface area contributed by atoms with E-state index in [0.29, 0.717) is 24.7 Å². The van der Waals surface area contributed by atoms with Crippen molar-refractivity contribution in [3.8, 4) is 11.5 Å². The van der Waals surface area contributed by atoms with E-state index in [4.69, 9.17) is 9.47 Å². The minimum Gasteiger partial charge on any atom is -0.490 e. The number of H-pyrrole nitrogens is 1. The Kier molecular flexibility index (Phi) is 6.35. The average Bonchev–Trinajstić information content (AvgIpc) is 3.30. The van der Waals surface area contributed by atoms with E-state index >= 15 is 0 Å². The molecule has 0 saturated carbocycles. The van der Waals surface area contributed by atoms with Gasteiger partial charge in [-0.05, 0) is 52.6 Å². The molecule has 1 atom stereocenters. The number of nitrogens with zero attached hydrogens (tertiary/aromatic N) is 1. The van der Waals surface area contributed by atoms with Crippen LogP contribution < -0.4 is 9.47 Å². The number of rotatable bonds is 9. The van der Waals surface area contributed by atoms with Crippen molar-refractivity contribution in [2.75, 3.05) is 13.2 Å². The summed E-state index contributed by atoms with van der Waals surface area (Å²) in [6.07, 6.45) is 1.87. The number of nitro groups is 1. The van der Waals surface area contributed by atoms with Gasteiger partial charge in [0.05, 0.1) is 12.5 Å². The van der Waals surface area contributed by atoms with E-state index in [9.17, 15) is 10.1 Å². The number of benzene rings is 4. The third-order valence-electron chi connectivity index (χ3n) is 6.26. The molecule has 0 saturated heterocycles. The smallest absolute Gasteiger partial charge is 0.214 e. The second-order valence-electron chi connectivity index (χ2n) is 8.42. The van der Waals surface area contributed by atoms with Gasteiger partial charge in [-0.1, -0.05) is 66.7 Å². The third kappa shape index (κ3) is 4.68. The Morgan fingerprint density at radius 1 is 0.886 bits per heavy atom. The standard InChI is InChI=1S/C29H26N2O4/c1-2-34-29-16-21(26(18-31(32)33)25-17-30-27-13-6-5-12-24(25)27)14-15-28(29)35-19-22-10-7-9-20-8-3-4-11-23(20)22/h3-17,26,30H,2,18-19H2,1H3/t26-/m1/s1.